The van der Waals surface area contributed by atoms with Gasteiger partial charge in [-0.25, -0.2) is 0 Å². The van der Waals surface area contributed by atoms with Crippen LogP contribution in [0.2, 0.25) is 5.02 Å². The Kier molecular flexibility index (Phi) is 6.60. The summed E-state index contributed by atoms with van der Waals surface area (Å²) in [7, 11) is 2.14. The minimum Gasteiger partial charge on any atom is -0.491 e. The van der Waals surface area contributed by atoms with Crippen LogP contribution in [0, 0.1) is 0 Å². The van der Waals surface area contributed by atoms with Gasteiger partial charge in [-0.05, 0) is 19.2 Å². The molecule has 4 nitrogen and oxygen atoms in total. The quantitative estimate of drug-likeness (QED) is 0.826. The van der Waals surface area contributed by atoms with Gasteiger partial charge in [-0.1, -0.05) is 23.7 Å². The first-order valence-electron chi connectivity index (χ1n) is 7.24. The molecule has 0 aliphatic carbocycles. The van der Waals surface area contributed by atoms with E-state index in [2.05, 4.69) is 22.2 Å². The fourth-order valence-corrected chi connectivity index (χ4v) is 2.42. The van der Waals surface area contributed by atoms with Gasteiger partial charge >= 0.3 is 0 Å². The van der Waals surface area contributed by atoms with E-state index in [9.17, 15) is 0 Å². The van der Waals surface area contributed by atoms with Gasteiger partial charge in [0.25, 0.3) is 0 Å². The summed E-state index contributed by atoms with van der Waals surface area (Å²) in [6.45, 7) is 8.32. The van der Waals surface area contributed by atoms with E-state index < -0.39 is 0 Å². The fraction of sp³-hybridized carbons (Fsp3) is 0.600. The van der Waals surface area contributed by atoms with Crippen molar-refractivity contribution in [3.8, 4) is 5.75 Å². The van der Waals surface area contributed by atoms with Crippen LogP contribution in [0.25, 0.3) is 0 Å². The molecule has 0 radical (unpaired) electrons. The number of hydrogen-bond acceptors (Lipinski definition) is 4. The first kappa shape index (κ1) is 15.6. The topological polar surface area (TPSA) is 27.7 Å². The monoisotopic (exact) mass is 297 g/mol. The lowest BCUT2D eigenvalue weighted by Gasteiger charge is -2.29. The standard InChI is InChI=1S/C15H24ClN3O/c1-18(10-11-19-8-6-17-7-9-19)12-13-20-15-5-3-2-4-14(15)16/h2-5,17H,6-13H2,1H3. The molecule has 1 aliphatic heterocycles. The average molecular weight is 298 g/mol. The predicted octanol–water partition coefficient (Wildman–Crippen LogP) is 1.56. The zero-order chi connectivity index (χ0) is 14.2. The molecule has 0 spiro atoms. The lowest BCUT2D eigenvalue weighted by molar-refractivity contribution is 0.187. The van der Waals surface area contributed by atoms with Crippen molar-refractivity contribution < 1.29 is 4.74 Å². The van der Waals surface area contributed by atoms with Gasteiger partial charge in [-0.2, -0.15) is 0 Å². The number of para-hydroxylation sites is 1. The molecule has 1 N–H and O–H groups in total. The SMILES string of the molecule is CN(CCOc1ccccc1Cl)CCN1CCNCC1. The van der Waals surface area contributed by atoms with Gasteiger partial charge in [0.2, 0.25) is 0 Å². The van der Waals surface area contributed by atoms with Gasteiger partial charge in [0.1, 0.15) is 12.4 Å². The Labute approximate surface area is 126 Å². The Bertz CT molecular complexity index is 396. The summed E-state index contributed by atoms with van der Waals surface area (Å²) in [5, 5.41) is 4.05. The summed E-state index contributed by atoms with van der Waals surface area (Å²) in [5.74, 6) is 0.768. The molecule has 0 saturated carbocycles. The molecule has 1 aromatic carbocycles. The van der Waals surface area contributed by atoms with Crippen LogP contribution in [0.4, 0.5) is 0 Å². The van der Waals surface area contributed by atoms with E-state index in [1.807, 2.05) is 24.3 Å². The molecule has 20 heavy (non-hydrogen) atoms. The number of hydrogen-bond donors (Lipinski definition) is 1. The zero-order valence-electron chi connectivity index (χ0n) is 12.1. The maximum atomic E-state index is 6.05. The third-order valence-corrected chi connectivity index (χ3v) is 3.89. The Morgan fingerprint density at radius 1 is 1.25 bits per heavy atom. The number of ether oxygens (including phenoxy) is 1. The smallest absolute Gasteiger partial charge is 0.137 e. The van der Waals surface area contributed by atoms with Crippen molar-refractivity contribution in [3.05, 3.63) is 29.3 Å². The van der Waals surface area contributed by atoms with Crippen LogP contribution < -0.4 is 10.1 Å². The summed E-state index contributed by atoms with van der Waals surface area (Å²) < 4.78 is 5.70. The molecular formula is C15H24ClN3O. The molecule has 0 bridgehead atoms. The molecule has 1 fully saturated rings. The van der Waals surface area contributed by atoms with Crippen molar-refractivity contribution in [1.82, 2.24) is 15.1 Å². The number of benzene rings is 1. The zero-order valence-corrected chi connectivity index (χ0v) is 12.9. The summed E-state index contributed by atoms with van der Waals surface area (Å²) in [6.07, 6.45) is 0. The number of nitrogens with one attached hydrogen (secondary N) is 1. The molecule has 1 aliphatic rings. The van der Waals surface area contributed by atoms with Gasteiger partial charge < -0.3 is 15.0 Å². The molecule has 0 aromatic heterocycles. The van der Waals surface area contributed by atoms with Crippen LogP contribution in [-0.2, 0) is 0 Å². The van der Waals surface area contributed by atoms with Gasteiger partial charge in [0.05, 0.1) is 5.02 Å². The molecular weight excluding hydrogens is 274 g/mol. The molecule has 0 amide bonds. The highest BCUT2D eigenvalue weighted by molar-refractivity contribution is 6.32. The molecule has 112 valence electrons. The van der Waals surface area contributed by atoms with E-state index in [1.165, 1.54) is 0 Å². The maximum absolute atomic E-state index is 6.05. The summed E-state index contributed by atoms with van der Waals surface area (Å²) in [4.78, 5) is 4.81. The molecule has 2 rings (SSSR count). The average Bonchev–Trinajstić information content (AvgIpc) is 2.48. The molecule has 1 saturated heterocycles. The summed E-state index contributed by atoms with van der Waals surface area (Å²) in [6, 6.07) is 7.61. The van der Waals surface area contributed by atoms with Crippen LogP contribution in [0.1, 0.15) is 0 Å². The second-order valence-electron chi connectivity index (χ2n) is 5.17. The molecule has 5 heteroatoms. The third-order valence-electron chi connectivity index (χ3n) is 3.57. The molecule has 1 heterocycles. The van der Waals surface area contributed by atoms with Crippen LogP contribution in [0.5, 0.6) is 5.75 Å². The van der Waals surface area contributed by atoms with Gasteiger partial charge in [0.15, 0.2) is 0 Å². The van der Waals surface area contributed by atoms with Crippen molar-refractivity contribution >= 4 is 11.6 Å². The second-order valence-corrected chi connectivity index (χ2v) is 5.58. The number of nitrogens with zero attached hydrogens (tertiary/aromatic N) is 2. The van der Waals surface area contributed by atoms with Gasteiger partial charge in [0, 0.05) is 45.8 Å². The van der Waals surface area contributed by atoms with E-state index in [1.54, 1.807) is 0 Å². The van der Waals surface area contributed by atoms with Crippen molar-refractivity contribution in [2.75, 3.05) is 59.5 Å². The summed E-state index contributed by atoms with van der Waals surface area (Å²) in [5.41, 5.74) is 0. The minimum absolute atomic E-state index is 0.668. The first-order chi connectivity index (χ1) is 9.75. The predicted molar refractivity (Wildman–Crippen MR) is 83.8 cm³/mol. The highest BCUT2D eigenvalue weighted by atomic mass is 35.5. The first-order valence-corrected chi connectivity index (χ1v) is 7.62. The molecule has 0 unspecified atom stereocenters. The highest BCUT2D eigenvalue weighted by Gasteiger charge is 2.10. The second kappa shape index (κ2) is 8.47. The minimum atomic E-state index is 0.668. The van der Waals surface area contributed by atoms with E-state index >= 15 is 0 Å². The number of halogens is 1. The lowest BCUT2D eigenvalue weighted by Crippen LogP contribution is -2.46. The fourth-order valence-electron chi connectivity index (χ4n) is 2.23. The number of likely N-dealkylation sites (N-methyl/N-ethyl adjacent to an activating group) is 1. The molecule has 1 aromatic rings. The van der Waals surface area contributed by atoms with Crippen molar-refractivity contribution in [2.24, 2.45) is 0 Å². The van der Waals surface area contributed by atoms with Crippen molar-refractivity contribution in [2.45, 2.75) is 0 Å². The third kappa shape index (κ3) is 5.29. The van der Waals surface area contributed by atoms with E-state index in [0.29, 0.717) is 11.6 Å². The van der Waals surface area contributed by atoms with E-state index in [4.69, 9.17) is 16.3 Å². The van der Waals surface area contributed by atoms with Crippen molar-refractivity contribution in [1.29, 1.82) is 0 Å². The Hall–Kier alpha value is -0.810. The maximum Gasteiger partial charge on any atom is 0.137 e. The summed E-state index contributed by atoms with van der Waals surface area (Å²) >= 11 is 6.05. The normalized spacial score (nSPS) is 16.6. The van der Waals surface area contributed by atoms with Crippen LogP contribution >= 0.6 is 11.6 Å². The van der Waals surface area contributed by atoms with Crippen LogP contribution in [0.15, 0.2) is 24.3 Å². The number of rotatable bonds is 7. The largest absolute Gasteiger partial charge is 0.491 e. The molecule has 0 atom stereocenters. The van der Waals surface area contributed by atoms with Crippen LogP contribution in [0.3, 0.4) is 0 Å². The van der Waals surface area contributed by atoms with E-state index in [-0.39, 0.29) is 0 Å². The Morgan fingerprint density at radius 2 is 2.00 bits per heavy atom. The van der Waals surface area contributed by atoms with Crippen molar-refractivity contribution in [3.63, 3.8) is 0 Å². The number of piperazine rings is 1. The highest BCUT2D eigenvalue weighted by Crippen LogP contribution is 2.22. The lowest BCUT2D eigenvalue weighted by atomic mass is 10.3. The van der Waals surface area contributed by atoms with Gasteiger partial charge in [-0.15, -0.1) is 0 Å². The van der Waals surface area contributed by atoms with Gasteiger partial charge in [-0.3, -0.25) is 4.90 Å². The Balaban J connectivity index is 1.60. The van der Waals surface area contributed by atoms with E-state index in [0.717, 1.165) is 51.6 Å². The Morgan fingerprint density at radius 3 is 2.75 bits per heavy atom. The van der Waals surface area contributed by atoms with Crippen LogP contribution in [-0.4, -0.2) is 69.3 Å².